The van der Waals surface area contributed by atoms with Crippen LogP contribution in [0.25, 0.3) is 5.65 Å². The fourth-order valence-electron chi connectivity index (χ4n) is 1.40. The van der Waals surface area contributed by atoms with E-state index in [1.165, 1.54) is 4.63 Å². The lowest BCUT2D eigenvalue weighted by Gasteiger charge is -2.06. The van der Waals surface area contributed by atoms with Crippen LogP contribution in [0.3, 0.4) is 0 Å². The summed E-state index contributed by atoms with van der Waals surface area (Å²) in [7, 11) is 0. The molecule has 0 aliphatic heterocycles. The molecule has 0 fully saturated rings. The summed E-state index contributed by atoms with van der Waals surface area (Å²) in [5.74, 6) is 0.798. The number of nitrogens with zero attached hydrogens (tertiary/aromatic N) is 5. The van der Waals surface area contributed by atoms with Gasteiger partial charge < -0.3 is 10.5 Å². The number of fused-ring (bicyclic) bond motifs is 1. The molecule has 90 valence electrons. The first-order valence-electron chi connectivity index (χ1n) is 5.01. The number of tetrazole rings is 1. The van der Waals surface area contributed by atoms with E-state index in [-0.39, 0.29) is 0 Å². The van der Waals surface area contributed by atoms with Gasteiger partial charge in [0.05, 0.1) is 5.02 Å². The van der Waals surface area contributed by atoms with E-state index in [1.54, 1.807) is 30.3 Å². The predicted molar refractivity (Wildman–Crippen MR) is 64.5 cm³/mol. The number of aromatic nitrogens is 5. The van der Waals surface area contributed by atoms with E-state index in [4.69, 9.17) is 22.1 Å². The van der Waals surface area contributed by atoms with E-state index in [1.807, 2.05) is 0 Å². The zero-order valence-corrected chi connectivity index (χ0v) is 9.74. The van der Waals surface area contributed by atoms with Crippen LogP contribution in [0, 0.1) is 0 Å². The molecule has 0 radical (unpaired) electrons. The Hall–Kier alpha value is -2.41. The van der Waals surface area contributed by atoms with E-state index >= 15 is 0 Å². The van der Waals surface area contributed by atoms with E-state index in [0.717, 1.165) is 0 Å². The van der Waals surface area contributed by atoms with Crippen molar-refractivity contribution in [1.29, 1.82) is 0 Å². The number of rotatable bonds is 2. The molecule has 0 spiro atoms. The van der Waals surface area contributed by atoms with Gasteiger partial charge in [0.25, 0.3) is 0 Å². The van der Waals surface area contributed by atoms with E-state index < -0.39 is 0 Å². The van der Waals surface area contributed by atoms with Crippen molar-refractivity contribution in [3.05, 3.63) is 35.4 Å². The largest absolute Gasteiger partial charge is 0.436 e. The third-order valence-electron chi connectivity index (χ3n) is 2.22. The van der Waals surface area contributed by atoms with Crippen molar-refractivity contribution in [1.82, 2.24) is 25.3 Å². The minimum Gasteiger partial charge on any atom is -0.436 e. The number of ether oxygens (including phenoxy) is 1. The van der Waals surface area contributed by atoms with Crippen LogP contribution < -0.4 is 10.5 Å². The van der Waals surface area contributed by atoms with E-state index in [9.17, 15) is 0 Å². The Morgan fingerprint density at radius 1 is 1.22 bits per heavy atom. The minimum absolute atomic E-state index is 0.335. The number of hydrogen-bond acceptors (Lipinski definition) is 6. The first-order valence-corrected chi connectivity index (χ1v) is 5.38. The second-order valence-electron chi connectivity index (χ2n) is 3.49. The van der Waals surface area contributed by atoms with Crippen molar-refractivity contribution in [3.63, 3.8) is 0 Å². The van der Waals surface area contributed by atoms with Crippen molar-refractivity contribution >= 4 is 22.9 Å². The first-order chi connectivity index (χ1) is 8.72. The molecule has 3 aromatic rings. The Morgan fingerprint density at radius 2 is 2.11 bits per heavy atom. The quantitative estimate of drug-likeness (QED) is 0.705. The van der Waals surface area contributed by atoms with Gasteiger partial charge in [0.2, 0.25) is 5.88 Å². The molecule has 1 aromatic carbocycles. The highest BCUT2D eigenvalue weighted by molar-refractivity contribution is 6.32. The summed E-state index contributed by atoms with van der Waals surface area (Å²) in [4.78, 5) is 0. The normalized spacial score (nSPS) is 10.7. The molecule has 0 amide bonds. The van der Waals surface area contributed by atoms with Crippen LogP contribution in [-0.2, 0) is 0 Å². The maximum Gasteiger partial charge on any atom is 0.239 e. The van der Waals surface area contributed by atoms with Gasteiger partial charge in [-0.25, -0.2) is 0 Å². The number of nitrogen functional groups attached to an aromatic ring is 1. The molecule has 0 saturated carbocycles. The second kappa shape index (κ2) is 4.11. The lowest BCUT2D eigenvalue weighted by Crippen LogP contribution is -1.97. The van der Waals surface area contributed by atoms with Crippen molar-refractivity contribution in [2.75, 3.05) is 5.73 Å². The Bertz CT molecular complexity index is 712. The number of benzene rings is 1. The number of halogens is 1. The highest BCUT2D eigenvalue weighted by atomic mass is 35.5. The maximum absolute atomic E-state index is 6.00. The van der Waals surface area contributed by atoms with Crippen molar-refractivity contribution in [2.45, 2.75) is 0 Å². The summed E-state index contributed by atoms with van der Waals surface area (Å²) in [6, 6.07) is 8.30. The smallest absolute Gasteiger partial charge is 0.239 e. The first kappa shape index (κ1) is 10.7. The van der Waals surface area contributed by atoms with Gasteiger partial charge >= 0.3 is 0 Å². The molecule has 3 rings (SSSR count). The molecule has 0 aliphatic carbocycles. The van der Waals surface area contributed by atoms with Crippen LogP contribution in [0.5, 0.6) is 11.6 Å². The van der Waals surface area contributed by atoms with Crippen LogP contribution >= 0.6 is 11.6 Å². The van der Waals surface area contributed by atoms with Gasteiger partial charge in [0.15, 0.2) is 5.65 Å². The van der Waals surface area contributed by atoms with Crippen LogP contribution in [0.4, 0.5) is 5.69 Å². The lowest BCUT2D eigenvalue weighted by atomic mass is 10.3. The molecule has 2 N–H and O–H groups in total. The molecule has 0 atom stereocenters. The molecule has 2 aromatic heterocycles. The van der Waals surface area contributed by atoms with Gasteiger partial charge in [-0.05, 0) is 34.7 Å². The summed E-state index contributed by atoms with van der Waals surface area (Å²) in [5, 5.41) is 15.4. The summed E-state index contributed by atoms with van der Waals surface area (Å²) >= 11 is 6.00. The monoisotopic (exact) mass is 262 g/mol. The van der Waals surface area contributed by atoms with Crippen LogP contribution in [0.2, 0.25) is 5.02 Å². The minimum atomic E-state index is 0.335. The van der Waals surface area contributed by atoms with Crippen LogP contribution in [0.15, 0.2) is 30.3 Å². The van der Waals surface area contributed by atoms with Crippen molar-refractivity contribution in [2.24, 2.45) is 0 Å². The zero-order chi connectivity index (χ0) is 12.5. The van der Waals surface area contributed by atoms with Gasteiger partial charge in [0.1, 0.15) is 5.75 Å². The van der Waals surface area contributed by atoms with E-state index in [2.05, 4.69) is 20.6 Å². The maximum atomic E-state index is 6.00. The third kappa shape index (κ3) is 1.91. The fraction of sp³-hybridized carbons (Fsp3) is 0. The fourth-order valence-corrected chi connectivity index (χ4v) is 1.63. The molecule has 18 heavy (non-hydrogen) atoms. The van der Waals surface area contributed by atoms with Crippen molar-refractivity contribution in [3.8, 4) is 11.6 Å². The van der Waals surface area contributed by atoms with Gasteiger partial charge in [-0.3, -0.25) is 0 Å². The highest BCUT2D eigenvalue weighted by Gasteiger charge is 2.06. The summed E-state index contributed by atoms with van der Waals surface area (Å²) in [5.41, 5.74) is 6.69. The van der Waals surface area contributed by atoms with Gasteiger partial charge in [0, 0.05) is 11.8 Å². The average Bonchev–Trinajstić information content (AvgIpc) is 2.80. The molecule has 8 heteroatoms. The van der Waals surface area contributed by atoms with Crippen LogP contribution in [0.1, 0.15) is 0 Å². The molecule has 0 aliphatic rings. The van der Waals surface area contributed by atoms with E-state index in [0.29, 0.717) is 28.0 Å². The SMILES string of the molecule is Nc1ccc(Oc2ccc3nnnn3n2)c(Cl)c1. The summed E-state index contributed by atoms with van der Waals surface area (Å²) in [6.07, 6.45) is 0. The van der Waals surface area contributed by atoms with Crippen LogP contribution in [-0.4, -0.2) is 25.3 Å². The highest BCUT2D eigenvalue weighted by Crippen LogP contribution is 2.29. The topological polar surface area (TPSA) is 91.2 Å². The average molecular weight is 263 g/mol. The molecule has 0 saturated heterocycles. The molecule has 0 unspecified atom stereocenters. The molecular weight excluding hydrogens is 256 g/mol. The van der Waals surface area contributed by atoms with Gasteiger partial charge in [-0.2, -0.15) is 0 Å². The Labute approximate surface area is 106 Å². The Morgan fingerprint density at radius 3 is 2.94 bits per heavy atom. The summed E-state index contributed by atoms with van der Waals surface area (Å²) < 4.78 is 6.79. The predicted octanol–water partition coefficient (Wildman–Crippen LogP) is 1.55. The number of nitrogens with two attached hydrogens (primary N) is 1. The zero-order valence-electron chi connectivity index (χ0n) is 8.99. The summed E-state index contributed by atoms with van der Waals surface area (Å²) in [6.45, 7) is 0. The van der Waals surface area contributed by atoms with Crippen molar-refractivity contribution < 1.29 is 4.74 Å². The molecule has 7 nitrogen and oxygen atoms in total. The van der Waals surface area contributed by atoms with Gasteiger partial charge in [-0.1, -0.05) is 11.6 Å². The Balaban J connectivity index is 1.95. The molecular formula is C10H7ClN6O. The number of anilines is 1. The second-order valence-corrected chi connectivity index (χ2v) is 3.90. The standard InChI is InChI=1S/C10H7ClN6O/c11-7-5-6(12)1-2-8(7)18-10-4-3-9-13-15-16-17(9)14-10/h1-5H,12H2. The lowest BCUT2D eigenvalue weighted by molar-refractivity contribution is 0.447. The third-order valence-corrected chi connectivity index (χ3v) is 2.51. The molecule has 2 heterocycles. The Kier molecular flexibility index (Phi) is 2.45. The van der Waals surface area contributed by atoms with Gasteiger partial charge in [-0.15, -0.1) is 14.8 Å². The molecule has 0 bridgehead atoms. The number of hydrogen-bond donors (Lipinski definition) is 1.